The van der Waals surface area contributed by atoms with Crippen molar-refractivity contribution < 1.29 is 14.6 Å². The molecule has 1 N–H and O–H groups in total. The van der Waals surface area contributed by atoms with Crippen molar-refractivity contribution in [1.82, 2.24) is 9.88 Å². The van der Waals surface area contributed by atoms with Crippen LogP contribution in [0.1, 0.15) is 55.5 Å². The van der Waals surface area contributed by atoms with Crippen LogP contribution in [0.25, 0.3) is 5.70 Å². The summed E-state index contributed by atoms with van der Waals surface area (Å²) >= 11 is 0. The predicted molar refractivity (Wildman–Crippen MR) is 99.4 cm³/mol. The fraction of sp³-hybridized carbons (Fsp3) is 0.571. The number of hydrogen-bond donors (Lipinski definition) is 1. The maximum absolute atomic E-state index is 12.6. The van der Waals surface area contributed by atoms with Gasteiger partial charge in [0.1, 0.15) is 11.6 Å². The Morgan fingerprint density at radius 2 is 2.11 bits per heavy atom. The minimum atomic E-state index is -0.571. The van der Waals surface area contributed by atoms with Crippen LogP contribution in [0.3, 0.4) is 0 Å². The standard InChI is InChI=1S/C21H25N3O3/c1-21(27-2)5-7-24(8-6-21)19-15-10-17(20(26)13-3-4-13)23-12-14(15)9-18(25)16(19)11-22/h10,12-13,20,26H,3-9H2,1-2H3. The van der Waals surface area contributed by atoms with Crippen LogP contribution in [-0.4, -0.2) is 46.6 Å². The summed E-state index contributed by atoms with van der Waals surface area (Å²) < 4.78 is 5.62. The van der Waals surface area contributed by atoms with E-state index < -0.39 is 6.10 Å². The zero-order chi connectivity index (χ0) is 19.2. The zero-order valence-electron chi connectivity index (χ0n) is 15.9. The number of nitriles is 1. The van der Waals surface area contributed by atoms with E-state index in [-0.39, 0.29) is 29.3 Å². The van der Waals surface area contributed by atoms with E-state index in [9.17, 15) is 15.2 Å². The Balaban J connectivity index is 1.73. The highest BCUT2D eigenvalue weighted by molar-refractivity contribution is 6.09. The van der Waals surface area contributed by atoms with E-state index >= 15 is 0 Å². The summed E-state index contributed by atoms with van der Waals surface area (Å²) in [5, 5.41) is 20.2. The fourth-order valence-electron chi connectivity index (χ4n) is 4.06. The van der Waals surface area contributed by atoms with Gasteiger partial charge in [-0.2, -0.15) is 5.26 Å². The summed E-state index contributed by atoms with van der Waals surface area (Å²) in [5.74, 6) is 0.124. The molecule has 6 heteroatoms. The van der Waals surface area contributed by atoms with Crippen LogP contribution in [0, 0.1) is 17.2 Å². The first-order chi connectivity index (χ1) is 13.0. The first-order valence-corrected chi connectivity index (χ1v) is 9.60. The van der Waals surface area contributed by atoms with Gasteiger partial charge in [0.15, 0.2) is 5.78 Å². The molecule has 2 fully saturated rings. The third-order valence-electron chi connectivity index (χ3n) is 6.24. The van der Waals surface area contributed by atoms with Crippen LogP contribution in [0.15, 0.2) is 17.8 Å². The number of piperidine rings is 1. The molecule has 2 heterocycles. The van der Waals surface area contributed by atoms with Crippen LogP contribution >= 0.6 is 0 Å². The highest BCUT2D eigenvalue weighted by Crippen LogP contribution is 2.42. The number of fused-ring (bicyclic) bond motifs is 1. The van der Waals surface area contributed by atoms with Crippen LogP contribution in [-0.2, 0) is 16.0 Å². The van der Waals surface area contributed by atoms with E-state index in [0.717, 1.165) is 49.9 Å². The molecule has 142 valence electrons. The third kappa shape index (κ3) is 3.26. The van der Waals surface area contributed by atoms with Crippen molar-refractivity contribution in [2.75, 3.05) is 20.2 Å². The molecule has 0 spiro atoms. The Bertz CT molecular complexity index is 843. The molecule has 0 aromatic carbocycles. The number of aromatic nitrogens is 1. The second-order valence-electron chi connectivity index (χ2n) is 8.13. The SMILES string of the molecule is COC1(C)CCN(C2=C(C#N)C(=O)Cc3cnc(C(O)C4CC4)cc32)CC1. The van der Waals surface area contributed by atoms with Crippen LogP contribution in [0.5, 0.6) is 0 Å². The molecule has 1 unspecified atom stereocenters. The second kappa shape index (κ2) is 6.74. The molecule has 1 saturated heterocycles. The van der Waals surface area contributed by atoms with Gasteiger partial charge >= 0.3 is 0 Å². The van der Waals surface area contributed by atoms with Gasteiger partial charge in [-0.25, -0.2) is 0 Å². The molecular weight excluding hydrogens is 342 g/mol. The van der Waals surface area contributed by atoms with Gasteiger partial charge in [-0.1, -0.05) is 0 Å². The van der Waals surface area contributed by atoms with Crippen molar-refractivity contribution in [2.24, 2.45) is 5.92 Å². The molecule has 1 atom stereocenters. The van der Waals surface area contributed by atoms with E-state index in [1.807, 2.05) is 6.07 Å². The Hall–Kier alpha value is -2.23. The van der Waals surface area contributed by atoms with E-state index in [4.69, 9.17) is 4.74 Å². The smallest absolute Gasteiger partial charge is 0.179 e. The van der Waals surface area contributed by atoms with Gasteiger partial charge in [0.2, 0.25) is 0 Å². The van der Waals surface area contributed by atoms with Crippen molar-refractivity contribution >= 4 is 11.5 Å². The highest BCUT2D eigenvalue weighted by atomic mass is 16.5. The third-order valence-corrected chi connectivity index (χ3v) is 6.24. The van der Waals surface area contributed by atoms with Gasteiger partial charge in [0, 0.05) is 38.4 Å². The molecule has 0 radical (unpaired) electrons. The number of rotatable bonds is 4. The molecule has 6 nitrogen and oxygen atoms in total. The Morgan fingerprint density at radius 1 is 1.41 bits per heavy atom. The van der Waals surface area contributed by atoms with Crippen LogP contribution in [0.4, 0.5) is 0 Å². The van der Waals surface area contributed by atoms with Gasteiger partial charge < -0.3 is 14.7 Å². The predicted octanol–water partition coefficient (Wildman–Crippen LogP) is 2.39. The number of methoxy groups -OCH3 is 1. The number of aliphatic hydroxyl groups excluding tert-OH is 1. The van der Waals surface area contributed by atoms with Crippen molar-refractivity contribution in [3.63, 3.8) is 0 Å². The molecule has 1 aromatic rings. The zero-order valence-corrected chi connectivity index (χ0v) is 15.9. The Morgan fingerprint density at radius 3 is 2.70 bits per heavy atom. The minimum Gasteiger partial charge on any atom is -0.387 e. The summed E-state index contributed by atoms with van der Waals surface area (Å²) in [6.07, 6.45) is 5.02. The number of carbonyl (C=O) groups is 1. The Labute approximate surface area is 159 Å². The number of ether oxygens (including phenoxy) is 1. The molecule has 4 rings (SSSR count). The monoisotopic (exact) mass is 367 g/mol. The van der Waals surface area contributed by atoms with E-state index in [1.165, 1.54) is 0 Å². The number of allylic oxidation sites excluding steroid dienone is 1. The molecule has 0 amide bonds. The quantitative estimate of drug-likeness (QED) is 0.879. The fourth-order valence-corrected chi connectivity index (χ4v) is 4.06. The molecule has 3 aliphatic rings. The largest absolute Gasteiger partial charge is 0.387 e. The average molecular weight is 367 g/mol. The lowest BCUT2D eigenvalue weighted by atomic mass is 9.86. The molecule has 0 bridgehead atoms. The summed E-state index contributed by atoms with van der Waals surface area (Å²) in [6.45, 7) is 3.54. The molecule has 1 aromatic heterocycles. The Kier molecular flexibility index (Phi) is 4.53. The molecular formula is C21H25N3O3. The van der Waals surface area contributed by atoms with Gasteiger partial charge in [-0.15, -0.1) is 0 Å². The number of Topliss-reactive ketones (excluding diaryl/α,β-unsaturated/α-hetero) is 1. The van der Waals surface area contributed by atoms with Crippen LogP contribution < -0.4 is 0 Å². The highest BCUT2D eigenvalue weighted by Gasteiger charge is 2.37. The lowest BCUT2D eigenvalue weighted by molar-refractivity contribution is -0.114. The number of likely N-dealkylation sites (tertiary alicyclic amines) is 1. The number of aliphatic hydroxyl groups is 1. The number of nitrogens with zero attached hydrogens (tertiary/aromatic N) is 3. The van der Waals surface area contributed by atoms with Crippen molar-refractivity contribution in [3.05, 3.63) is 34.7 Å². The van der Waals surface area contributed by atoms with Crippen molar-refractivity contribution in [3.8, 4) is 6.07 Å². The van der Waals surface area contributed by atoms with Gasteiger partial charge in [-0.05, 0) is 50.2 Å². The maximum Gasteiger partial charge on any atom is 0.179 e. The number of pyridine rings is 1. The van der Waals surface area contributed by atoms with E-state index in [1.54, 1.807) is 13.3 Å². The topological polar surface area (TPSA) is 86.5 Å². The van der Waals surface area contributed by atoms with E-state index in [2.05, 4.69) is 22.9 Å². The summed E-state index contributed by atoms with van der Waals surface area (Å²) in [6, 6.07) is 4.03. The summed E-state index contributed by atoms with van der Waals surface area (Å²) in [7, 11) is 1.73. The first-order valence-electron chi connectivity index (χ1n) is 9.60. The molecule has 1 aliphatic heterocycles. The van der Waals surface area contributed by atoms with Gasteiger partial charge in [0.25, 0.3) is 0 Å². The molecule has 2 aliphatic carbocycles. The minimum absolute atomic E-state index is 0.155. The summed E-state index contributed by atoms with van der Waals surface area (Å²) in [5.41, 5.74) is 3.10. The summed E-state index contributed by atoms with van der Waals surface area (Å²) in [4.78, 5) is 19.1. The second-order valence-corrected chi connectivity index (χ2v) is 8.13. The molecule has 27 heavy (non-hydrogen) atoms. The van der Waals surface area contributed by atoms with Crippen LogP contribution in [0.2, 0.25) is 0 Å². The maximum atomic E-state index is 12.6. The average Bonchev–Trinajstić information content (AvgIpc) is 3.52. The lowest BCUT2D eigenvalue weighted by Crippen LogP contribution is -2.43. The van der Waals surface area contributed by atoms with Crippen molar-refractivity contribution in [2.45, 2.75) is 50.7 Å². The van der Waals surface area contributed by atoms with Gasteiger partial charge in [-0.3, -0.25) is 9.78 Å². The number of ketones is 1. The normalized spacial score (nSPS) is 23.0. The van der Waals surface area contributed by atoms with E-state index in [0.29, 0.717) is 11.4 Å². The molecule has 1 saturated carbocycles. The lowest BCUT2D eigenvalue weighted by Gasteiger charge is -2.41. The number of hydrogen-bond acceptors (Lipinski definition) is 6. The first kappa shape index (κ1) is 18.1. The van der Waals surface area contributed by atoms with Crippen molar-refractivity contribution in [1.29, 1.82) is 5.26 Å². The van der Waals surface area contributed by atoms with Gasteiger partial charge in [0.05, 0.1) is 23.1 Å². The number of carbonyl (C=O) groups excluding carboxylic acids is 1.